The maximum Gasteiger partial charge on any atom is 0.387 e. The Kier molecular flexibility index (Phi) is 4.79. The summed E-state index contributed by atoms with van der Waals surface area (Å²) in [6.07, 6.45) is 4.90. The van der Waals surface area contributed by atoms with E-state index in [9.17, 15) is 13.2 Å². The first-order chi connectivity index (χ1) is 10.5. The Balaban J connectivity index is 2.44. The second-order valence-electron chi connectivity index (χ2n) is 7.27. The van der Waals surface area contributed by atoms with Crippen molar-refractivity contribution in [1.82, 2.24) is 4.48 Å². The summed E-state index contributed by atoms with van der Waals surface area (Å²) in [6, 6.07) is 1.98. The number of benzene rings is 1. The van der Waals surface area contributed by atoms with Gasteiger partial charge in [0.2, 0.25) is 0 Å². The first kappa shape index (κ1) is 18.2. The Labute approximate surface area is 141 Å². The van der Waals surface area contributed by atoms with Gasteiger partial charge in [0.05, 0.1) is 0 Å². The zero-order valence-electron chi connectivity index (χ0n) is 13.9. The molecule has 124 valence electrons. The van der Waals surface area contributed by atoms with E-state index < -0.39 is 32.0 Å². The van der Waals surface area contributed by atoms with Crippen molar-refractivity contribution >= 4 is 31.4 Å². The van der Waals surface area contributed by atoms with Gasteiger partial charge in [-0.3, -0.25) is 0 Å². The summed E-state index contributed by atoms with van der Waals surface area (Å²) in [5.41, 5.74) is 0.825. The molecule has 0 atom stereocenters. The summed E-state index contributed by atoms with van der Waals surface area (Å²) in [5.74, 6) is -3.88. The average molecular weight is 358 g/mol. The zero-order chi connectivity index (χ0) is 17.6. The van der Waals surface area contributed by atoms with Crippen LogP contribution in [0.5, 0.6) is 0 Å². The molecule has 7 heteroatoms. The van der Waals surface area contributed by atoms with E-state index in [0.717, 1.165) is 12.1 Å². The van der Waals surface area contributed by atoms with E-state index in [1.54, 1.807) is 6.08 Å². The third kappa shape index (κ3) is 3.24. The maximum absolute atomic E-state index is 13.5. The first-order valence-corrected chi connectivity index (χ1v) is 10.8. The fourth-order valence-electron chi connectivity index (χ4n) is 2.36. The average Bonchev–Trinajstić information content (AvgIpc) is 2.43. The molecule has 0 aliphatic carbocycles. The summed E-state index contributed by atoms with van der Waals surface area (Å²) >= 11 is 6.62. The van der Waals surface area contributed by atoms with Gasteiger partial charge in [-0.2, -0.15) is 11.5 Å². The first-order valence-electron chi connectivity index (χ1n) is 7.42. The van der Waals surface area contributed by atoms with Gasteiger partial charge in [0.25, 0.3) is 0 Å². The maximum atomic E-state index is 13.5. The Hall–Kier alpha value is -1.14. The van der Waals surface area contributed by atoms with Gasteiger partial charge in [-0.05, 0) is 40.5 Å². The summed E-state index contributed by atoms with van der Waals surface area (Å²) in [4.78, 5) is 0. The van der Waals surface area contributed by atoms with Crippen molar-refractivity contribution in [1.29, 1.82) is 0 Å². The fraction of sp³-hybridized carbons (Fsp3) is 0.375. The highest BCUT2D eigenvalue weighted by Gasteiger charge is 2.45. The molecule has 0 spiro atoms. The molecule has 1 heterocycles. The second-order valence-corrected chi connectivity index (χ2v) is 12.8. The van der Waals surface area contributed by atoms with Crippen molar-refractivity contribution in [3.8, 4) is 0 Å². The van der Waals surface area contributed by atoms with Gasteiger partial charge in [-0.1, -0.05) is 39.9 Å². The highest BCUT2D eigenvalue weighted by atomic mass is 35.5. The van der Waals surface area contributed by atoms with Gasteiger partial charge >= 0.3 is 6.26 Å². The molecule has 0 saturated heterocycles. The van der Waals surface area contributed by atoms with Crippen molar-refractivity contribution in [2.75, 3.05) is 0 Å². The van der Waals surface area contributed by atoms with E-state index >= 15 is 0 Å². The predicted octanol–water partition coefficient (Wildman–Crippen LogP) is 5.59. The topological polar surface area (TPSA) is 3.24 Å². The zero-order valence-corrected chi connectivity index (χ0v) is 15.7. The van der Waals surface area contributed by atoms with Crippen molar-refractivity contribution in [3.63, 3.8) is 0 Å². The van der Waals surface area contributed by atoms with Crippen LogP contribution in [0.25, 0.3) is 5.47 Å². The monoisotopic (exact) mass is 357 g/mol. The third-order valence-corrected chi connectivity index (χ3v) is 10.8. The number of allylic oxidation sites excluding steroid dienone is 2. The lowest BCUT2D eigenvalue weighted by molar-refractivity contribution is 0.447. The molecule has 0 unspecified atom stereocenters. The Morgan fingerprint density at radius 2 is 1.61 bits per heavy atom. The largest absolute Gasteiger partial charge is 0.431 e. The predicted molar refractivity (Wildman–Crippen MR) is 94.1 cm³/mol. The molecular formula is C16H20BClF3NSi. The van der Waals surface area contributed by atoms with E-state index in [-0.39, 0.29) is 10.6 Å². The fourth-order valence-corrected chi connectivity index (χ4v) is 5.29. The van der Waals surface area contributed by atoms with Gasteiger partial charge in [0, 0.05) is 0 Å². The molecule has 1 aliphatic rings. The second kappa shape index (κ2) is 6.06. The summed E-state index contributed by atoms with van der Waals surface area (Å²) in [6.45, 7) is 10.9. The van der Waals surface area contributed by atoms with Crippen LogP contribution in [0.4, 0.5) is 13.2 Å². The normalized spacial score (nSPS) is 16.0. The van der Waals surface area contributed by atoms with Gasteiger partial charge < -0.3 is 4.48 Å². The Bertz CT molecular complexity index is 659. The van der Waals surface area contributed by atoms with Crippen LogP contribution in [0.1, 0.15) is 26.3 Å². The molecule has 0 bridgehead atoms. The molecular weight excluding hydrogens is 338 g/mol. The van der Waals surface area contributed by atoms with Crippen LogP contribution >= 0.6 is 11.5 Å². The third-order valence-electron chi connectivity index (χ3n) is 4.82. The molecule has 1 nitrogen and oxygen atoms in total. The number of halogens is 4. The van der Waals surface area contributed by atoms with Crippen molar-refractivity contribution < 1.29 is 13.2 Å². The Morgan fingerprint density at radius 1 is 1.09 bits per heavy atom. The van der Waals surface area contributed by atoms with Crippen LogP contribution in [0.2, 0.25) is 18.1 Å². The highest BCUT2D eigenvalue weighted by molar-refractivity contribution is 7.19. The van der Waals surface area contributed by atoms with E-state index in [2.05, 4.69) is 38.3 Å². The molecule has 2 rings (SSSR count). The quantitative estimate of drug-likeness (QED) is 0.493. The molecule has 0 amide bonds. The van der Waals surface area contributed by atoms with Crippen LogP contribution in [-0.2, 0) is 0 Å². The van der Waals surface area contributed by atoms with Gasteiger partial charge in [-0.25, -0.2) is 13.2 Å². The standard InChI is InChI=1S/C16H20BClF3NSi/c1-16(2,3)23(4,5)22-8-6-7-12(17(22)18)11-9-13(19)15(21)14(20)10-11/h6-10H,1-5H3. The van der Waals surface area contributed by atoms with Crippen molar-refractivity contribution in [3.05, 3.63) is 53.5 Å². The lowest BCUT2D eigenvalue weighted by Crippen LogP contribution is -2.57. The lowest BCUT2D eigenvalue weighted by Gasteiger charge is -2.48. The molecule has 1 aromatic carbocycles. The number of nitrogens with zero attached hydrogens (tertiary/aromatic N) is 1. The molecule has 1 aliphatic heterocycles. The van der Waals surface area contributed by atoms with E-state index in [4.69, 9.17) is 11.5 Å². The molecule has 0 radical (unpaired) electrons. The summed E-state index contributed by atoms with van der Waals surface area (Å²) in [7, 11) is -1.97. The van der Waals surface area contributed by atoms with Crippen molar-refractivity contribution in [2.24, 2.45) is 0 Å². The highest BCUT2D eigenvalue weighted by Crippen LogP contribution is 2.42. The van der Waals surface area contributed by atoms with E-state index in [0.29, 0.717) is 5.47 Å². The Morgan fingerprint density at radius 3 is 2.09 bits per heavy atom. The smallest absolute Gasteiger partial charge is 0.387 e. The van der Waals surface area contributed by atoms with Crippen molar-refractivity contribution in [2.45, 2.75) is 38.9 Å². The number of rotatable bonds is 2. The minimum Gasteiger partial charge on any atom is -0.431 e. The SMILES string of the molecule is CC(C)(C)[Si](C)(C)N1C=CC=C(c2cc(F)c(F)c(F)c2)B1Cl. The van der Waals surface area contributed by atoms with Crippen LogP contribution in [-0.4, -0.2) is 19.0 Å². The van der Waals surface area contributed by atoms with Crippen LogP contribution < -0.4 is 0 Å². The van der Waals surface area contributed by atoms with Crippen LogP contribution in [0.3, 0.4) is 0 Å². The molecule has 23 heavy (non-hydrogen) atoms. The summed E-state index contributed by atoms with van der Waals surface area (Å²) in [5, 5.41) is 0.0478. The molecule has 0 saturated carbocycles. The minimum absolute atomic E-state index is 0.0478. The van der Waals surface area contributed by atoms with Gasteiger partial charge in [0.1, 0.15) is 8.24 Å². The summed E-state index contributed by atoms with van der Waals surface area (Å²) < 4.78 is 42.3. The van der Waals surface area contributed by atoms with E-state index in [1.165, 1.54) is 0 Å². The van der Waals surface area contributed by atoms with Gasteiger partial charge in [-0.15, -0.1) is 0 Å². The molecule has 1 aromatic rings. The number of hydrogen-bond acceptors (Lipinski definition) is 1. The molecule has 0 N–H and O–H groups in total. The van der Waals surface area contributed by atoms with E-state index in [1.807, 2.05) is 12.3 Å². The van der Waals surface area contributed by atoms with Crippen LogP contribution in [0, 0.1) is 17.5 Å². The number of hydrogen-bond donors (Lipinski definition) is 0. The molecule has 0 fully saturated rings. The molecule has 0 aromatic heterocycles. The van der Waals surface area contributed by atoms with Gasteiger partial charge in [0.15, 0.2) is 17.5 Å². The minimum atomic E-state index is -1.97. The van der Waals surface area contributed by atoms with Crippen LogP contribution in [0.15, 0.2) is 30.5 Å². The lowest BCUT2D eigenvalue weighted by atomic mass is 9.74.